The molecule has 5 nitrogen and oxygen atoms in total. The maximum absolute atomic E-state index is 11.5. The summed E-state index contributed by atoms with van der Waals surface area (Å²) in [5.74, 6) is -0.0443. The fourth-order valence-corrected chi connectivity index (χ4v) is 2.48. The second-order valence-corrected chi connectivity index (χ2v) is 5.60. The first kappa shape index (κ1) is 14.8. The fraction of sp³-hybridized carbons (Fsp3) is 0.875. The van der Waals surface area contributed by atoms with Gasteiger partial charge in [0, 0.05) is 19.6 Å². The van der Waals surface area contributed by atoms with Crippen molar-refractivity contribution < 1.29 is 13.2 Å². The van der Waals surface area contributed by atoms with Crippen LogP contribution in [0.15, 0.2) is 0 Å². The van der Waals surface area contributed by atoms with Gasteiger partial charge in [-0.3, -0.25) is 0 Å². The van der Waals surface area contributed by atoms with Crippen LogP contribution in [-0.2, 0) is 14.8 Å². The molecule has 0 aliphatic rings. The number of sulfonamides is 1. The highest BCUT2D eigenvalue weighted by atomic mass is 32.2. The van der Waals surface area contributed by atoms with Crippen LogP contribution in [0.2, 0.25) is 0 Å². The monoisotopic (exact) mass is 254 g/mol. The lowest BCUT2D eigenvalue weighted by Crippen LogP contribution is -2.39. The third-order valence-electron chi connectivity index (χ3n) is 1.84. The molecule has 0 saturated carbocycles. The smallest absolute Gasteiger partial charge is 0.214 e. The van der Waals surface area contributed by atoms with Gasteiger partial charge in [0.25, 0.3) is 0 Å². The van der Waals surface area contributed by atoms with E-state index in [1.54, 1.807) is 0 Å². The molecule has 0 rings (SSSR count). The Bertz CT molecular complexity index is 290. The molecule has 0 aromatic rings. The lowest BCUT2D eigenvalue weighted by atomic mass is 10.2. The third kappa shape index (κ3) is 7.66. The molecule has 90 valence electrons. The molecule has 0 saturated heterocycles. The molecule has 0 bridgehead atoms. The van der Waals surface area contributed by atoms with E-state index in [-0.39, 0.29) is 18.4 Å². The van der Waals surface area contributed by atoms with Crippen molar-refractivity contribution >= 4 is 27.2 Å². The van der Waals surface area contributed by atoms with E-state index in [1.165, 1.54) is 7.11 Å². The quantitative estimate of drug-likeness (QED) is 0.596. The highest BCUT2D eigenvalue weighted by Crippen LogP contribution is 2.00. The van der Waals surface area contributed by atoms with Crippen LogP contribution in [0.25, 0.3) is 0 Å². The second-order valence-electron chi connectivity index (χ2n) is 3.21. The van der Waals surface area contributed by atoms with E-state index in [0.29, 0.717) is 17.8 Å². The number of ether oxygens (including phenoxy) is 1. The van der Waals surface area contributed by atoms with E-state index in [1.807, 2.05) is 6.92 Å². The van der Waals surface area contributed by atoms with Crippen molar-refractivity contribution in [2.24, 2.45) is 5.73 Å². The van der Waals surface area contributed by atoms with Crippen LogP contribution in [0.1, 0.15) is 19.8 Å². The molecule has 0 aromatic carbocycles. The molecule has 1 atom stereocenters. The van der Waals surface area contributed by atoms with Gasteiger partial charge in [0.2, 0.25) is 10.0 Å². The summed E-state index contributed by atoms with van der Waals surface area (Å²) < 4.78 is 30.2. The van der Waals surface area contributed by atoms with Gasteiger partial charge in [0.1, 0.15) is 0 Å². The maximum atomic E-state index is 11.5. The van der Waals surface area contributed by atoms with Gasteiger partial charge in [-0.05, 0) is 6.42 Å². The summed E-state index contributed by atoms with van der Waals surface area (Å²) in [5, 5.41) is 0. The van der Waals surface area contributed by atoms with Crippen molar-refractivity contribution in [2.75, 3.05) is 19.5 Å². The predicted molar refractivity (Wildman–Crippen MR) is 64.3 cm³/mol. The van der Waals surface area contributed by atoms with Gasteiger partial charge in [-0.25, -0.2) is 13.1 Å². The van der Waals surface area contributed by atoms with Gasteiger partial charge >= 0.3 is 0 Å². The van der Waals surface area contributed by atoms with Crippen molar-refractivity contribution in [2.45, 2.75) is 25.8 Å². The average molecular weight is 254 g/mol. The van der Waals surface area contributed by atoms with E-state index >= 15 is 0 Å². The predicted octanol–water partition coefficient (Wildman–Crippen LogP) is 0.00700. The minimum atomic E-state index is -3.29. The zero-order chi connectivity index (χ0) is 11.9. The van der Waals surface area contributed by atoms with Crippen LogP contribution >= 0.6 is 12.2 Å². The highest BCUT2D eigenvalue weighted by molar-refractivity contribution is 7.89. The summed E-state index contributed by atoms with van der Waals surface area (Å²) in [4.78, 5) is 0.316. The standard InChI is InChI=1S/C8H18N2O3S2/c1-3-7(6-8(9)14)10-15(11,12)5-4-13-2/h7,10H,3-6H2,1-2H3,(H2,9,14). The van der Waals surface area contributed by atoms with E-state index in [9.17, 15) is 8.42 Å². The summed E-state index contributed by atoms with van der Waals surface area (Å²) in [6.45, 7) is 2.06. The topological polar surface area (TPSA) is 81.4 Å². The number of methoxy groups -OCH3 is 1. The second kappa shape index (κ2) is 7.10. The van der Waals surface area contributed by atoms with Crippen LogP contribution in [0.3, 0.4) is 0 Å². The van der Waals surface area contributed by atoms with Gasteiger partial charge in [0.15, 0.2) is 0 Å². The van der Waals surface area contributed by atoms with E-state index in [0.717, 1.165) is 0 Å². The Kier molecular flexibility index (Phi) is 6.99. The molecular formula is C8H18N2O3S2. The van der Waals surface area contributed by atoms with Gasteiger partial charge in [-0.2, -0.15) is 0 Å². The van der Waals surface area contributed by atoms with Crippen LogP contribution in [0, 0.1) is 0 Å². The van der Waals surface area contributed by atoms with Crippen LogP contribution < -0.4 is 10.5 Å². The Morgan fingerprint density at radius 2 is 2.20 bits per heavy atom. The van der Waals surface area contributed by atoms with Crippen molar-refractivity contribution in [1.82, 2.24) is 4.72 Å². The zero-order valence-corrected chi connectivity index (χ0v) is 10.7. The van der Waals surface area contributed by atoms with Gasteiger partial charge in [0.05, 0.1) is 17.3 Å². The van der Waals surface area contributed by atoms with Gasteiger partial charge in [-0.1, -0.05) is 19.1 Å². The van der Waals surface area contributed by atoms with Crippen LogP contribution in [0.4, 0.5) is 0 Å². The average Bonchev–Trinajstić information content (AvgIpc) is 2.12. The number of thiocarbonyl (C=S) groups is 1. The molecule has 0 aliphatic carbocycles. The molecule has 3 N–H and O–H groups in total. The van der Waals surface area contributed by atoms with Crippen molar-refractivity contribution in [1.29, 1.82) is 0 Å². The normalized spacial score (nSPS) is 13.7. The molecule has 0 aliphatic heterocycles. The number of rotatable bonds is 8. The summed E-state index contributed by atoms with van der Waals surface area (Å²) >= 11 is 4.73. The Morgan fingerprint density at radius 1 is 1.60 bits per heavy atom. The highest BCUT2D eigenvalue weighted by Gasteiger charge is 2.16. The van der Waals surface area contributed by atoms with Crippen molar-refractivity contribution in [3.8, 4) is 0 Å². The summed E-state index contributed by atoms with van der Waals surface area (Å²) in [6.07, 6.45) is 1.04. The number of nitrogens with one attached hydrogen (secondary N) is 1. The van der Waals surface area contributed by atoms with E-state index in [2.05, 4.69) is 4.72 Å². The Labute approximate surface area is 96.4 Å². The minimum absolute atomic E-state index is 0.0443. The number of nitrogens with two attached hydrogens (primary N) is 1. The summed E-state index contributed by atoms with van der Waals surface area (Å²) in [5.41, 5.74) is 5.36. The molecule has 7 heteroatoms. The Morgan fingerprint density at radius 3 is 2.60 bits per heavy atom. The largest absolute Gasteiger partial charge is 0.393 e. The fourth-order valence-electron chi connectivity index (χ4n) is 1.02. The first-order valence-corrected chi connectivity index (χ1v) is 6.74. The molecule has 1 unspecified atom stereocenters. The first-order chi connectivity index (χ1) is 6.91. The van der Waals surface area contributed by atoms with Gasteiger partial charge < -0.3 is 10.5 Å². The number of hydrogen-bond donors (Lipinski definition) is 2. The zero-order valence-electron chi connectivity index (χ0n) is 9.02. The third-order valence-corrected chi connectivity index (χ3v) is 3.41. The number of hydrogen-bond acceptors (Lipinski definition) is 4. The minimum Gasteiger partial charge on any atom is -0.393 e. The molecule has 0 aromatic heterocycles. The maximum Gasteiger partial charge on any atom is 0.214 e. The van der Waals surface area contributed by atoms with Crippen LogP contribution in [0.5, 0.6) is 0 Å². The SMILES string of the molecule is CCC(CC(N)=S)NS(=O)(=O)CCOC. The summed E-state index contributed by atoms with van der Waals surface area (Å²) in [6, 6.07) is -0.218. The molecule has 15 heavy (non-hydrogen) atoms. The Hall–Kier alpha value is -0.240. The molecule has 0 fully saturated rings. The van der Waals surface area contributed by atoms with Crippen molar-refractivity contribution in [3.63, 3.8) is 0 Å². The molecular weight excluding hydrogens is 236 g/mol. The first-order valence-electron chi connectivity index (χ1n) is 4.68. The molecule has 0 heterocycles. The molecule has 0 amide bonds. The Balaban J connectivity index is 4.21. The van der Waals surface area contributed by atoms with Crippen molar-refractivity contribution in [3.05, 3.63) is 0 Å². The summed E-state index contributed by atoms with van der Waals surface area (Å²) in [7, 11) is -1.83. The van der Waals surface area contributed by atoms with E-state index in [4.69, 9.17) is 22.7 Å². The van der Waals surface area contributed by atoms with Crippen LogP contribution in [-0.4, -0.2) is 38.9 Å². The van der Waals surface area contributed by atoms with Gasteiger partial charge in [-0.15, -0.1) is 0 Å². The lowest BCUT2D eigenvalue weighted by molar-refractivity contribution is 0.216. The van der Waals surface area contributed by atoms with E-state index < -0.39 is 10.0 Å². The molecule has 0 radical (unpaired) electrons. The molecule has 0 spiro atoms. The lowest BCUT2D eigenvalue weighted by Gasteiger charge is -2.15.